The molecule has 0 N–H and O–H groups in total. The molecule has 0 fully saturated rings. The van der Waals surface area contributed by atoms with Crippen LogP contribution >= 0.6 is 23.4 Å². The molecule has 3 heteroatoms. The third-order valence-corrected chi connectivity index (χ3v) is 2.97. The average molecular weight is 202 g/mol. The van der Waals surface area contributed by atoms with Crippen LogP contribution in [-0.4, -0.2) is 10.7 Å². The van der Waals surface area contributed by atoms with Gasteiger partial charge in [-0.25, -0.2) is 4.98 Å². The summed E-state index contributed by atoms with van der Waals surface area (Å²) in [4.78, 5) is 4.18. The molecule has 0 saturated carbocycles. The molecule has 0 aliphatic carbocycles. The maximum Gasteiger partial charge on any atom is 0.115 e. The van der Waals surface area contributed by atoms with Gasteiger partial charge >= 0.3 is 0 Å². The Morgan fingerprint density at radius 3 is 3.08 bits per heavy atom. The highest BCUT2D eigenvalue weighted by Crippen LogP contribution is 2.24. The first kappa shape index (κ1) is 9.87. The van der Waals surface area contributed by atoms with Gasteiger partial charge in [-0.1, -0.05) is 24.9 Å². The van der Waals surface area contributed by atoms with E-state index in [0.717, 1.165) is 15.8 Å². The molecule has 1 aromatic rings. The molecule has 0 bridgehead atoms. The highest BCUT2D eigenvalue weighted by molar-refractivity contribution is 7.99. The second kappa shape index (κ2) is 5.44. The van der Waals surface area contributed by atoms with E-state index in [0.29, 0.717) is 0 Å². The molecule has 0 aliphatic heterocycles. The van der Waals surface area contributed by atoms with Gasteiger partial charge < -0.3 is 0 Å². The van der Waals surface area contributed by atoms with Gasteiger partial charge in [0.25, 0.3) is 0 Å². The summed E-state index contributed by atoms with van der Waals surface area (Å²) in [5.74, 6) is 1.10. The summed E-state index contributed by atoms with van der Waals surface area (Å²) >= 11 is 7.65. The molecular formula is C9H12ClNS. The van der Waals surface area contributed by atoms with Crippen LogP contribution in [0.3, 0.4) is 0 Å². The quantitative estimate of drug-likeness (QED) is 0.545. The van der Waals surface area contributed by atoms with Crippen molar-refractivity contribution in [3.8, 4) is 0 Å². The van der Waals surface area contributed by atoms with Gasteiger partial charge in [0.15, 0.2) is 0 Å². The number of nitrogens with zero attached hydrogens (tertiary/aromatic N) is 1. The van der Waals surface area contributed by atoms with E-state index in [1.165, 1.54) is 12.8 Å². The number of pyridine rings is 1. The Balaban J connectivity index is 2.46. The minimum atomic E-state index is 0.763. The molecule has 1 nitrogen and oxygen atoms in total. The summed E-state index contributed by atoms with van der Waals surface area (Å²) in [6.45, 7) is 2.18. The molecule has 0 spiro atoms. The average Bonchev–Trinajstić information content (AvgIpc) is 2.09. The largest absolute Gasteiger partial charge is 0.248 e. The van der Waals surface area contributed by atoms with Gasteiger partial charge in [-0.15, -0.1) is 11.8 Å². The lowest BCUT2D eigenvalue weighted by atomic mass is 10.4. The monoisotopic (exact) mass is 201 g/mol. The number of thioether (sulfide) groups is 1. The second-order valence-corrected chi connectivity index (χ2v) is 3.98. The zero-order chi connectivity index (χ0) is 8.81. The number of hydrogen-bond donors (Lipinski definition) is 0. The van der Waals surface area contributed by atoms with Gasteiger partial charge in [0.05, 0.1) is 5.02 Å². The fraction of sp³-hybridized carbons (Fsp3) is 0.444. The molecule has 0 aromatic carbocycles. The van der Waals surface area contributed by atoms with E-state index in [-0.39, 0.29) is 0 Å². The molecule has 1 aromatic heterocycles. The van der Waals surface area contributed by atoms with Crippen LogP contribution in [0, 0.1) is 0 Å². The smallest absolute Gasteiger partial charge is 0.115 e. The molecule has 66 valence electrons. The maximum absolute atomic E-state index is 5.92. The van der Waals surface area contributed by atoms with Crippen LogP contribution < -0.4 is 0 Å². The zero-order valence-corrected chi connectivity index (χ0v) is 8.66. The van der Waals surface area contributed by atoms with Crippen LogP contribution in [-0.2, 0) is 0 Å². The Morgan fingerprint density at radius 1 is 1.58 bits per heavy atom. The van der Waals surface area contributed by atoms with Gasteiger partial charge in [-0.2, -0.15) is 0 Å². The minimum absolute atomic E-state index is 0.763. The number of hydrogen-bond acceptors (Lipinski definition) is 2. The van der Waals surface area contributed by atoms with Crippen LogP contribution in [0.4, 0.5) is 0 Å². The van der Waals surface area contributed by atoms with Crippen LogP contribution in [0.25, 0.3) is 0 Å². The summed E-state index contributed by atoms with van der Waals surface area (Å²) < 4.78 is 0. The molecule has 1 rings (SSSR count). The summed E-state index contributed by atoms with van der Waals surface area (Å²) in [6, 6.07) is 3.73. The normalized spacial score (nSPS) is 10.2. The summed E-state index contributed by atoms with van der Waals surface area (Å²) in [5, 5.41) is 1.71. The SMILES string of the molecule is CCCCSc1ncccc1Cl. The van der Waals surface area contributed by atoms with Crippen LogP contribution in [0.5, 0.6) is 0 Å². The van der Waals surface area contributed by atoms with Crippen molar-refractivity contribution in [2.24, 2.45) is 0 Å². The van der Waals surface area contributed by atoms with E-state index >= 15 is 0 Å². The number of halogens is 1. The Labute approximate surface area is 82.5 Å². The first-order valence-corrected chi connectivity index (χ1v) is 5.44. The predicted molar refractivity (Wildman–Crippen MR) is 54.9 cm³/mol. The number of rotatable bonds is 4. The molecule has 1 heterocycles. The third kappa shape index (κ3) is 3.03. The Bertz CT molecular complexity index is 240. The Morgan fingerprint density at radius 2 is 2.42 bits per heavy atom. The topological polar surface area (TPSA) is 12.9 Å². The molecule has 0 unspecified atom stereocenters. The fourth-order valence-corrected chi connectivity index (χ4v) is 2.04. The molecule has 0 amide bonds. The van der Waals surface area contributed by atoms with Crippen molar-refractivity contribution in [1.82, 2.24) is 4.98 Å². The second-order valence-electron chi connectivity index (χ2n) is 2.49. The van der Waals surface area contributed by atoms with E-state index in [4.69, 9.17) is 11.6 Å². The van der Waals surface area contributed by atoms with Crippen molar-refractivity contribution in [3.63, 3.8) is 0 Å². The van der Waals surface area contributed by atoms with Gasteiger partial charge in [0.2, 0.25) is 0 Å². The van der Waals surface area contributed by atoms with E-state index in [1.807, 2.05) is 12.1 Å². The lowest BCUT2D eigenvalue weighted by Crippen LogP contribution is -1.83. The van der Waals surface area contributed by atoms with E-state index < -0.39 is 0 Å². The highest BCUT2D eigenvalue weighted by Gasteiger charge is 1.99. The zero-order valence-electron chi connectivity index (χ0n) is 7.09. The maximum atomic E-state index is 5.92. The van der Waals surface area contributed by atoms with Gasteiger partial charge in [-0.3, -0.25) is 0 Å². The molecular weight excluding hydrogens is 190 g/mol. The third-order valence-electron chi connectivity index (χ3n) is 1.46. The van der Waals surface area contributed by atoms with E-state index in [9.17, 15) is 0 Å². The Hall–Kier alpha value is -0.210. The predicted octanol–water partition coefficient (Wildman–Crippen LogP) is 3.63. The van der Waals surface area contributed by atoms with E-state index in [1.54, 1.807) is 18.0 Å². The lowest BCUT2D eigenvalue weighted by molar-refractivity contribution is 0.894. The van der Waals surface area contributed by atoms with Gasteiger partial charge in [0, 0.05) is 6.20 Å². The van der Waals surface area contributed by atoms with Crippen molar-refractivity contribution in [1.29, 1.82) is 0 Å². The van der Waals surface area contributed by atoms with Crippen molar-refractivity contribution >= 4 is 23.4 Å². The minimum Gasteiger partial charge on any atom is -0.248 e. The summed E-state index contributed by atoms with van der Waals surface area (Å²) in [7, 11) is 0. The molecule has 12 heavy (non-hydrogen) atoms. The first-order chi connectivity index (χ1) is 5.84. The van der Waals surface area contributed by atoms with Gasteiger partial charge in [0.1, 0.15) is 5.03 Å². The van der Waals surface area contributed by atoms with E-state index in [2.05, 4.69) is 11.9 Å². The number of unbranched alkanes of at least 4 members (excludes halogenated alkanes) is 1. The van der Waals surface area contributed by atoms with Crippen molar-refractivity contribution in [2.45, 2.75) is 24.8 Å². The van der Waals surface area contributed by atoms with Crippen molar-refractivity contribution < 1.29 is 0 Å². The molecule has 0 radical (unpaired) electrons. The van der Waals surface area contributed by atoms with Crippen LogP contribution in [0.15, 0.2) is 23.4 Å². The standard InChI is InChI=1S/C9H12ClNS/c1-2-3-7-12-9-8(10)5-4-6-11-9/h4-6H,2-3,7H2,1H3. The van der Waals surface area contributed by atoms with Crippen molar-refractivity contribution in [3.05, 3.63) is 23.4 Å². The van der Waals surface area contributed by atoms with Crippen molar-refractivity contribution in [2.75, 3.05) is 5.75 Å². The molecule has 0 atom stereocenters. The summed E-state index contributed by atoms with van der Waals surface area (Å²) in [5.41, 5.74) is 0. The van der Waals surface area contributed by atoms with Crippen LogP contribution in [0.1, 0.15) is 19.8 Å². The highest BCUT2D eigenvalue weighted by atomic mass is 35.5. The van der Waals surface area contributed by atoms with Gasteiger partial charge in [-0.05, 0) is 24.3 Å². The Kier molecular flexibility index (Phi) is 4.48. The van der Waals surface area contributed by atoms with Crippen LogP contribution in [0.2, 0.25) is 5.02 Å². The number of aromatic nitrogens is 1. The summed E-state index contributed by atoms with van der Waals surface area (Å²) in [6.07, 6.45) is 4.22. The lowest BCUT2D eigenvalue weighted by Gasteiger charge is -2.00. The molecule has 0 saturated heterocycles. The fourth-order valence-electron chi connectivity index (χ4n) is 0.791. The first-order valence-electron chi connectivity index (χ1n) is 4.08. The molecule has 0 aliphatic rings.